The molecule has 0 saturated heterocycles. The Hall–Kier alpha value is -4.38. The largest absolute Gasteiger partial charge is 0.446 e. The van der Waals surface area contributed by atoms with Gasteiger partial charge >= 0.3 is 0 Å². The van der Waals surface area contributed by atoms with Gasteiger partial charge in [-0.2, -0.15) is 0 Å². The number of hydrogen-bond acceptors (Lipinski definition) is 3. The Morgan fingerprint density at radius 1 is 0.722 bits per heavy atom. The number of carbonyl (C=O) groups is 1. The maximum absolute atomic E-state index is 12.8. The van der Waals surface area contributed by atoms with Gasteiger partial charge in [0.25, 0.3) is 12.0 Å². The normalized spacial score (nSPS) is 11.1. The number of nitrogens with zero attached hydrogens (tertiary/aromatic N) is 2. The quantitative estimate of drug-likeness (QED) is 0.241. The van der Waals surface area contributed by atoms with Crippen molar-refractivity contribution in [2.75, 3.05) is 0 Å². The highest BCUT2D eigenvalue weighted by Gasteiger charge is 2.17. The molecule has 0 aliphatic heterocycles. The van der Waals surface area contributed by atoms with Crippen LogP contribution in [0.4, 0.5) is 0 Å². The van der Waals surface area contributed by atoms with Gasteiger partial charge in [0.15, 0.2) is 6.73 Å². The van der Waals surface area contributed by atoms with Crippen LogP contribution in [0.3, 0.4) is 0 Å². The summed E-state index contributed by atoms with van der Waals surface area (Å²) in [4.78, 5) is 23.4. The molecule has 5 heteroatoms. The van der Waals surface area contributed by atoms with E-state index in [0.29, 0.717) is 13.0 Å². The van der Waals surface area contributed by atoms with E-state index < -0.39 is 0 Å². The summed E-state index contributed by atoms with van der Waals surface area (Å²) >= 11 is 0. The van der Waals surface area contributed by atoms with E-state index in [1.165, 1.54) is 16.7 Å². The molecule has 0 amide bonds. The second-order valence-corrected chi connectivity index (χ2v) is 8.89. The van der Waals surface area contributed by atoms with Crippen molar-refractivity contribution in [1.82, 2.24) is 9.13 Å². The summed E-state index contributed by atoms with van der Waals surface area (Å²) in [5.74, 6) is 0.0510. The van der Waals surface area contributed by atoms with Crippen LogP contribution < -0.4 is 5.56 Å². The number of para-hydroxylation sites is 1. The van der Waals surface area contributed by atoms with Crippen molar-refractivity contribution in [3.8, 4) is 0 Å². The van der Waals surface area contributed by atoms with Gasteiger partial charge in [-0.25, -0.2) is 0 Å². The van der Waals surface area contributed by atoms with Crippen molar-refractivity contribution >= 4 is 17.4 Å². The van der Waals surface area contributed by atoms with Gasteiger partial charge in [0.05, 0.1) is 5.52 Å². The third-order valence-corrected chi connectivity index (χ3v) is 6.60. The molecule has 36 heavy (non-hydrogen) atoms. The van der Waals surface area contributed by atoms with Crippen LogP contribution in [0, 0.1) is 0 Å². The molecule has 5 aromatic rings. The second-order valence-electron chi connectivity index (χ2n) is 8.89. The molecule has 0 spiro atoms. The first-order valence-corrected chi connectivity index (χ1v) is 12.2. The van der Waals surface area contributed by atoms with E-state index in [2.05, 4.69) is 54.6 Å². The number of hydrogen-bond donors (Lipinski definition) is 0. The summed E-state index contributed by atoms with van der Waals surface area (Å²) in [7, 11) is 0. The van der Waals surface area contributed by atoms with E-state index in [1.54, 1.807) is 6.07 Å². The lowest BCUT2D eigenvalue weighted by molar-refractivity contribution is -0.131. The molecule has 0 aliphatic carbocycles. The van der Waals surface area contributed by atoms with Crippen LogP contribution in [-0.2, 0) is 29.2 Å². The molecule has 0 atom stereocenters. The first kappa shape index (κ1) is 23.4. The topological polar surface area (TPSA) is 53.2 Å². The van der Waals surface area contributed by atoms with E-state index in [4.69, 9.17) is 4.74 Å². The highest BCUT2D eigenvalue weighted by molar-refractivity contribution is 5.84. The lowest BCUT2D eigenvalue weighted by atomic mass is 9.86. The molecule has 180 valence electrons. The molecule has 0 N–H and O–H groups in total. The van der Waals surface area contributed by atoms with Gasteiger partial charge in [0.1, 0.15) is 0 Å². The van der Waals surface area contributed by atoms with E-state index in [0.717, 1.165) is 29.3 Å². The summed E-state index contributed by atoms with van der Waals surface area (Å²) in [6.07, 6.45) is 5.67. The van der Waals surface area contributed by atoms with Gasteiger partial charge in [0, 0.05) is 36.3 Å². The lowest BCUT2D eigenvalue weighted by Gasteiger charge is -2.20. The molecule has 0 fully saturated rings. The summed E-state index contributed by atoms with van der Waals surface area (Å²) in [5, 5.41) is 1.14. The smallest absolute Gasteiger partial charge is 0.294 e. The van der Waals surface area contributed by atoms with Crippen LogP contribution in [0.5, 0.6) is 0 Å². The molecular formula is C31H28N2O3. The third kappa shape index (κ3) is 5.01. The molecule has 0 bridgehead atoms. The van der Waals surface area contributed by atoms with Crippen molar-refractivity contribution in [2.45, 2.75) is 32.0 Å². The second kappa shape index (κ2) is 10.9. The number of aryl methyl sites for hydroxylation is 2. The number of ether oxygens (including phenoxy) is 1. The van der Waals surface area contributed by atoms with E-state index in [1.807, 2.05) is 57.9 Å². The van der Waals surface area contributed by atoms with Gasteiger partial charge in [-0.05, 0) is 41.2 Å². The highest BCUT2D eigenvalue weighted by Crippen LogP contribution is 2.31. The van der Waals surface area contributed by atoms with E-state index in [-0.39, 0.29) is 18.2 Å². The number of fused-ring (bicyclic) bond motifs is 1. The average Bonchev–Trinajstić information content (AvgIpc) is 3.28. The zero-order chi connectivity index (χ0) is 24.7. The molecule has 2 aromatic heterocycles. The number of aromatic nitrogens is 2. The van der Waals surface area contributed by atoms with Crippen molar-refractivity contribution in [3.63, 3.8) is 0 Å². The molecule has 0 unspecified atom stereocenters. The number of pyridine rings is 1. The van der Waals surface area contributed by atoms with Crippen LogP contribution >= 0.6 is 0 Å². The molecular weight excluding hydrogens is 448 g/mol. The Balaban J connectivity index is 1.39. The molecule has 0 radical (unpaired) electrons. The van der Waals surface area contributed by atoms with Crippen LogP contribution in [0.25, 0.3) is 10.9 Å². The summed E-state index contributed by atoms with van der Waals surface area (Å²) in [5.41, 5.74) is 5.69. The van der Waals surface area contributed by atoms with Crippen LogP contribution in [0.2, 0.25) is 0 Å². The molecule has 5 rings (SSSR count). The van der Waals surface area contributed by atoms with Crippen molar-refractivity contribution in [2.24, 2.45) is 0 Å². The third-order valence-electron chi connectivity index (χ3n) is 6.60. The van der Waals surface area contributed by atoms with E-state index in [9.17, 15) is 9.59 Å². The van der Waals surface area contributed by atoms with Gasteiger partial charge < -0.3 is 13.9 Å². The Kier molecular flexibility index (Phi) is 7.08. The van der Waals surface area contributed by atoms with E-state index >= 15 is 0 Å². The highest BCUT2D eigenvalue weighted by atomic mass is 16.5. The Labute approximate surface area is 210 Å². The molecule has 0 saturated carbocycles. The standard InChI is InChI=1S/C31H28N2O3/c34-23-36-22-33-20-26(28-15-7-8-16-29(28)33)14-9-19-32-21-27(17-18-30(32)35)31(24-10-3-1-4-11-24)25-12-5-2-6-13-25/h1-8,10-13,15-18,20-21,23,31H,9,14,19,22H2. The Morgan fingerprint density at radius 2 is 1.39 bits per heavy atom. The van der Waals surface area contributed by atoms with Crippen LogP contribution in [-0.4, -0.2) is 15.6 Å². The molecule has 3 aromatic carbocycles. The Morgan fingerprint density at radius 3 is 2.08 bits per heavy atom. The number of rotatable bonds is 10. The fourth-order valence-electron chi connectivity index (χ4n) is 4.94. The summed E-state index contributed by atoms with van der Waals surface area (Å²) in [6, 6.07) is 32.5. The maximum atomic E-state index is 12.8. The fraction of sp³-hybridized carbons (Fsp3) is 0.161. The predicted octanol–water partition coefficient (Wildman–Crippen LogP) is 5.75. The predicted molar refractivity (Wildman–Crippen MR) is 142 cm³/mol. The minimum Gasteiger partial charge on any atom is -0.446 e. The van der Waals surface area contributed by atoms with Gasteiger partial charge in [-0.1, -0.05) is 84.9 Å². The SMILES string of the molecule is O=COCn1cc(CCCn2cc(C(c3ccccc3)c3ccccc3)ccc2=O)c2ccccc21. The molecule has 5 nitrogen and oxygen atoms in total. The van der Waals surface area contributed by atoms with Crippen LogP contribution in [0.15, 0.2) is 114 Å². The maximum Gasteiger partial charge on any atom is 0.294 e. The first-order chi connectivity index (χ1) is 17.7. The summed E-state index contributed by atoms with van der Waals surface area (Å²) < 4.78 is 8.74. The van der Waals surface area contributed by atoms with Crippen molar-refractivity contribution in [3.05, 3.63) is 142 Å². The minimum absolute atomic E-state index is 0.000402. The summed E-state index contributed by atoms with van der Waals surface area (Å²) in [6.45, 7) is 1.27. The van der Waals surface area contributed by atoms with Gasteiger partial charge in [0.2, 0.25) is 0 Å². The van der Waals surface area contributed by atoms with Crippen molar-refractivity contribution < 1.29 is 9.53 Å². The lowest BCUT2D eigenvalue weighted by Crippen LogP contribution is -2.20. The van der Waals surface area contributed by atoms with Crippen LogP contribution in [0.1, 0.15) is 34.6 Å². The Bertz CT molecular complexity index is 1460. The number of carbonyl (C=O) groups excluding carboxylic acids is 1. The monoisotopic (exact) mass is 476 g/mol. The van der Waals surface area contributed by atoms with Gasteiger partial charge in [-0.15, -0.1) is 0 Å². The molecule has 2 heterocycles. The van der Waals surface area contributed by atoms with Crippen molar-refractivity contribution in [1.29, 1.82) is 0 Å². The zero-order valence-electron chi connectivity index (χ0n) is 20.0. The fourth-order valence-corrected chi connectivity index (χ4v) is 4.94. The average molecular weight is 477 g/mol. The zero-order valence-corrected chi connectivity index (χ0v) is 20.0. The minimum atomic E-state index is 0.000402. The number of benzene rings is 3. The first-order valence-electron chi connectivity index (χ1n) is 12.2. The molecule has 0 aliphatic rings. The van der Waals surface area contributed by atoms with Gasteiger partial charge in [-0.3, -0.25) is 9.59 Å².